The maximum atomic E-state index is 12.2. The minimum atomic E-state index is -3.42. The molecule has 0 unspecified atom stereocenters. The third-order valence-corrected chi connectivity index (χ3v) is 6.15. The average molecular weight is 384 g/mol. The van der Waals surface area contributed by atoms with Crippen LogP contribution in [0.25, 0.3) is 0 Å². The summed E-state index contributed by atoms with van der Waals surface area (Å²) >= 11 is 0. The SMILES string of the molecule is COc1ccc(C(=O)NCCS(=O)(=O)N[C@@H]2CCCC[C@H]2C)cc1OC. The second-order valence-corrected chi connectivity index (χ2v) is 8.50. The Bertz CT molecular complexity index is 720. The van der Waals surface area contributed by atoms with Crippen LogP contribution in [0.2, 0.25) is 0 Å². The number of amides is 1. The number of hydrogen-bond donors (Lipinski definition) is 2. The Morgan fingerprint density at radius 2 is 1.85 bits per heavy atom. The molecule has 0 aliphatic heterocycles. The minimum absolute atomic E-state index is 0.00435. The molecule has 0 heterocycles. The van der Waals surface area contributed by atoms with Crippen LogP contribution < -0.4 is 19.5 Å². The molecule has 0 saturated heterocycles. The summed E-state index contributed by atoms with van der Waals surface area (Å²) in [5.41, 5.74) is 0.383. The van der Waals surface area contributed by atoms with Crippen molar-refractivity contribution in [2.75, 3.05) is 26.5 Å². The van der Waals surface area contributed by atoms with E-state index in [-0.39, 0.29) is 24.2 Å². The van der Waals surface area contributed by atoms with Crippen molar-refractivity contribution < 1.29 is 22.7 Å². The van der Waals surface area contributed by atoms with Crippen LogP contribution in [0.15, 0.2) is 18.2 Å². The van der Waals surface area contributed by atoms with Gasteiger partial charge in [0.15, 0.2) is 11.5 Å². The Balaban J connectivity index is 1.87. The zero-order chi connectivity index (χ0) is 19.2. The van der Waals surface area contributed by atoms with Crippen molar-refractivity contribution in [1.82, 2.24) is 10.0 Å². The number of rotatable bonds is 8. The van der Waals surface area contributed by atoms with Crippen LogP contribution in [0.1, 0.15) is 43.0 Å². The summed E-state index contributed by atoms with van der Waals surface area (Å²) in [6, 6.07) is 4.80. The molecular formula is C18H28N2O5S. The van der Waals surface area contributed by atoms with Gasteiger partial charge in [-0.1, -0.05) is 19.8 Å². The van der Waals surface area contributed by atoms with E-state index in [1.807, 2.05) is 0 Å². The molecule has 26 heavy (non-hydrogen) atoms. The second-order valence-electron chi connectivity index (χ2n) is 6.63. The van der Waals surface area contributed by atoms with Gasteiger partial charge in [0.1, 0.15) is 0 Å². The van der Waals surface area contributed by atoms with Crippen LogP contribution in [0.3, 0.4) is 0 Å². The van der Waals surface area contributed by atoms with Crippen LogP contribution in [-0.4, -0.2) is 46.9 Å². The first-order valence-corrected chi connectivity index (χ1v) is 10.5. The van der Waals surface area contributed by atoms with Gasteiger partial charge in [0.2, 0.25) is 10.0 Å². The van der Waals surface area contributed by atoms with Gasteiger partial charge < -0.3 is 14.8 Å². The Morgan fingerprint density at radius 1 is 1.15 bits per heavy atom. The normalized spacial score (nSPS) is 20.4. The highest BCUT2D eigenvalue weighted by molar-refractivity contribution is 7.89. The predicted octanol–water partition coefficient (Wildman–Crippen LogP) is 1.93. The van der Waals surface area contributed by atoms with E-state index in [0.29, 0.717) is 23.0 Å². The molecule has 2 N–H and O–H groups in total. The number of carbonyl (C=O) groups is 1. The Hall–Kier alpha value is -1.80. The number of methoxy groups -OCH3 is 2. The quantitative estimate of drug-likeness (QED) is 0.714. The molecule has 1 aromatic carbocycles. The number of ether oxygens (including phenoxy) is 2. The van der Waals surface area contributed by atoms with Gasteiger partial charge >= 0.3 is 0 Å². The van der Waals surface area contributed by atoms with Gasteiger partial charge in [-0.05, 0) is 37.0 Å². The van der Waals surface area contributed by atoms with Gasteiger partial charge in [-0.25, -0.2) is 13.1 Å². The lowest BCUT2D eigenvalue weighted by atomic mass is 9.87. The largest absolute Gasteiger partial charge is 0.493 e. The Labute approximate surface area is 155 Å². The van der Waals surface area contributed by atoms with Crippen molar-refractivity contribution in [3.8, 4) is 11.5 Å². The van der Waals surface area contributed by atoms with E-state index in [1.165, 1.54) is 14.2 Å². The smallest absolute Gasteiger partial charge is 0.251 e. The summed E-state index contributed by atoms with van der Waals surface area (Å²) in [5.74, 6) is 0.820. The van der Waals surface area contributed by atoms with Crippen LogP contribution >= 0.6 is 0 Å². The molecule has 146 valence electrons. The average Bonchev–Trinajstić information content (AvgIpc) is 2.62. The fourth-order valence-corrected chi connectivity index (χ4v) is 4.46. The number of benzene rings is 1. The van der Waals surface area contributed by atoms with Crippen molar-refractivity contribution in [2.24, 2.45) is 5.92 Å². The molecule has 8 heteroatoms. The first kappa shape index (κ1) is 20.5. The molecule has 2 rings (SSSR count). The van der Waals surface area contributed by atoms with E-state index >= 15 is 0 Å². The Morgan fingerprint density at radius 3 is 2.50 bits per heavy atom. The molecule has 0 bridgehead atoms. The van der Waals surface area contributed by atoms with Crippen molar-refractivity contribution in [2.45, 2.75) is 38.6 Å². The van der Waals surface area contributed by atoms with Gasteiger partial charge in [0.05, 0.1) is 20.0 Å². The topological polar surface area (TPSA) is 93.7 Å². The zero-order valence-corrected chi connectivity index (χ0v) is 16.4. The summed E-state index contributed by atoms with van der Waals surface area (Å²) in [6.45, 7) is 2.12. The van der Waals surface area contributed by atoms with Crippen molar-refractivity contribution in [3.05, 3.63) is 23.8 Å². The second kappa shape index (κ2) is 9.23. The molecule has 0 aromatic heterocycles. The molecule has 1 aliphatic rings. The maximum Gasteiger partial charge on any atom is 0.251 e. The Kier molecular flexibility index (Phi) is 7.28. The highest BCUT2D eigenvalue weighted by atomic mass is 32.2. The van der Waals surface area contributed by atoms with Gasteiger partial charge in [0.25, 0.3) is 5.91 Å². The van der Waals surface area contributed by atoms with Crippen LogP contribution in [0.5, 0.6) is 11.5 Å². The fraction of sp³-hybridized carbons (Fsp3) is 0.611. The van der Waals surface area contributed by atoms with Gasteiger partial charge in [-0.2, -0.15) is 0 Å². The lowest BCUT2D eigenvalue weighted by molar-refractivity contribution is 0.0955. The molecule has 1 amide bonds. The van der Waals surface area contributed by atoms with Crippen LogP contribution in [0.4, 0.5) is 0 Å². The molecule has 1 fully saturated rings. The van der Waals surface area contributed by atoms with Crippen molar-refractivity contribution in [3.63, 3.8) is 0 Å². The highest BCUT2D eigenvalue weighted by Gasteiger charge is 2.25. The van der Waals surface area contributed by atoms with E-state index in [9.17, 15) is 13.2 Å². The molecule has 0 spiro atoms. The van der Waals surface area contributed by atoms with Crippen LogP contribution in [0, 0.1) is 5.92 Å². The van der Waals surface area contributed by atoms with E-state index in [4.69, 9.17) is 9.47 Å². The highest BCUT2D eigenvalue weighted by Crippen LogP contribution is 2.27. The van der Waals surface area contributed by atoms with Gasteiger partial charge in [0, 0.05) is 18.2 Å². The molecule has 1 aromatic rings. The monoisotopic (exact) mass is 384 g/mol. The summed E-state index contributed by atoms with van der Waals surface area (Å²) < 4.78 is 37.6. The molecule has 7 nitrogen and oxygen atoms in total. The zero-order valence-electron chi connectivity index (χ0n) is 15.6. The number of nitrogens with one attached hydrogen (secondary N) is 2. The molecule has 0 radical (unpaired) electrons. The number of carbonyl (C=O) groups excluding carboxylic acids is 1. The summed E-state index contributed by atoms with van der Waals surface area (Å²) in [7, 11) is -0.418. The van der Waals surface area contributed by atoms with E-state index in [0.717, 1.165) is 25.7 Å². The summed E-state index contributed by atoms with van der Waals surface area (Å²) in [6.07, 6.45) is 4.12. The first-order chi connectivity index (χ1) is 12.4. The number of sulfonamides is 1. The molecular weight excluding hydrogens is 356 g/mol. The van der Waals surface area contributed by atoms with Crippen molar-refractivity contribution >= 4 is 15.9 Å². The lowest BCUT2D eigenvalue weighted by Gasteiger charge is -2.29. The fourth-order valence-electron chi connectivity index (χ4n) is 3.16. The predicted molar refractivity (Wildman–Crippen MR) is 100 cm³/mol. The van der Waals surface area contributed by atoms with Crippen molar-refractivity contribution in [1.29, 1.82) is 0 Å². The van der Waals surface area contributed by atoms with E-state index in [1.54, 1.807) is 18.2 Å². The lowest BCUT2D eigenvalue weighted by Crippen LogP contribution is -2.43. The molecule has 1 saturated carbocycles. The maximum absolute atomic E-state index is 12.2. The van der Waals surface area contributed by atoms with E-state index in [2.05, 4.69) is 17.0 Å². The standard InChI is InChI=1S/C18H28N2O5S/c1-13-6-4-5-7-15(13)20-26(22,23)11-10-19-18(21)14-8-9-16(24-2)17(12-14)25-3/h8-9,12-13,15,20H,4-7,10-11H2,1-3H3,(H,19,21)/t13-,15-/m1/s1. The minimum Gasteiger partial charge on any atom is -0.493 e. The van der Waals surface area contributed by atoms with E-state index < -0.39 is 10.0 Å². The third kappa shape index (κ3) is 5.60. The van der Waals surface area contributed by atoms with Crippen LogP contribution in [-0.2, 0) is 10.0 Å². The van der Waals surface area contributed by atoms with Gasteiger partial charge in [-0.3, -0.25) is 4.79 Å². The summed E-state index contributed by atoms with van der Waals surface area (Å²) in [5, 5.41) is 2.64. The summed E-state index contributed by atoms with van der Waals surface area (Å²) in [4.78, 5) is 12.2. The molecule has 2 atom stereocenters. The van der Waals surface area contributed by atoms with Gasteiger partial charge in [-0.15, -0.1) is 0 Å². The molecule has 1 aliphatic carbocycles. The number of hydrogen-bond acceptors (Lipinski definition) is 5. The first-order valence-electron chi connectivity index (χ1n) is 8.86. The third-order valence-electron chi connectivity index (χ3n) is 4.74.